The van der Waals surface area contributed by atoms with Crippen molar-refractivity contribution in [2.45, 2.75) is 52.7 Å². The molecule has 7 heteroatoms. The van der Waals surface area contributed by atoms with Gasteiger partial charge in [0.05, 0.1) is 12.6 Å². The molecule has 0 aliphatic rings. The minimum atomic E-state index is -0.640. The molecule has 0 aliphatic heterocycles. The van der Waals surface area contributed by atoms with Crippen LogP contribution in [0.15, 0.2) is 53.5 Å². The summed E-state index contributed by atoms with van der Waals surface area (Å²) >= 11 is 0. The van der Waals surface area contributed by atoms with Gasteiger partial charge in [0.15, 0.2) is 5.96 Å². The Balaban J connectivity index is 0.00000512. The highest BCUT2D eigenvalue weighted by Gasteiger charge is 2.15. The first-order chi connectivity index (χ1) is 14.7. The number of nitrogens with zero attached hydrogens (tertiary/aromatic N) is 1. The highest BCUT2D eigenvalue weighted by atomic mass is 127. The first kappa shape index (κ1) is 27.9. The molecule has 2 rings (SSSR count). The van der Waals surface area contributed by atoms with E-state index in [-0.39, 0.29) is 35.3 Å². The molecule has 176 valence electrons. The van der Waals surface area contributed by atoms with Crippen LogP contribution in [0, 0.1) is 0 Å². The number of aliphatic imine (C=N–C) groups is 1. The maximum Gasteiger partial charge on any atom is 0.251 e. The van der Waals surface area contributed by atoms with Gasteiger partial charge in [0.25, 0.3) is 5.91 Å². The number of rotatable bonds is 8. The maximum absolute atomic E-state index is 12.0. The Bertz CT molecular complexity index is 876. The number of halogens is 1. The molecule has 6 nitrogen and oxygen atoms in total. The molecule has 32 heavy (non-hydrogen) atoms. The van der Waals surface area contributed by atoms with Gasteiger partial charge in [-0.1, -0.05) is 57.2 Å². The summed E-state index contributed by atoms with van der Waals surface area (Å²) in [5.41, 5.74) is 3.76. The number of guanidine groups is 1. The Labute approximate surface area is 209 Å². The molecule has 0 fully saturated rings. The molecule has 0 aliphatic carbocycles. The standard InChI is InChI=1S/C25H36N4O2.HI/c1-6-26-23(31)20-10-8-9-18(15-20)16-28-24(27-7-2)29-17-22(30)19-11-13-21(14-12-19)25(3,4)5;/h8-15,22,30H,6-7,16-17H2,1-5H3,(H,26,31)(H2,27,28,29);1H. The van der Waals surface area contributed by atoms with Gasteiger partial charge < -0.3 is 21.1 Å². The lowest BCUT2D eigenvalue weighted by atomic mass is 9.86. The zero-order chi connectivity index (χ0) is 22.9. The molecule has 4 N–H and O–H groups in total. The number of carbonyl (C=O) groups excluding carboxylic acids is 1. The van der Waals surface area contributed by atoms with Gasteiger partial charge in [0.2, 0.25) is 0 Å². The molecule has 1 atom stereocenters. The summed E-state index contributed by atoms with van der Waals surface area (Å²) in [5.74, 6) is 0.537. The van der Waals surface area contributed by atoms with Crippen LogP contribution in [0.2, 0.25) is 0 Å². The van der Waals surface area contributed by atoms with E-state index in [1.807, 2.05) is 44.2 Å². The quantitative estimate of drug-likeness (QED) is 0.225. The summed E-state index contributed by atoms with van der Waals surface area (Å²) in [5, 5.41) is 19.8. The van der Waals surface area contributed by atoms with E-state index in [4.69, 9.17) is 0 Å². The average Bonchev–Trinajstić information content (AvgIpc) is 2.75. The predicted molar refractivity (Wildman–Crippen MR) is 143 cm³/mol. The number of aliphatic hydroxyl groups is 1. The minimum Gasteiger partial charge on any atom is -0.387 e. The molecule has 1 amide bonds. The van der Waals surface area contributed by atoms with E-state index < -0.39 is 6.10 Å². The first-order valence-corrected chi connectivity index (χ1v) is 10.9. The highest BCUT2D eigenvalue weighted by Crippen LogP contribution is 2.23. The number of nitrogens with one attached hydrogen (secondary N) is 3. The van der Waals surface area contributed by atoms with Crippen LogP contribution in [0.1, 0.15) is 67.8 Å². The second-order valence-corrected chi connectivity index (χ2v) is 8.52. The summed E-state index contributed by atoms with van der Waals surface area (Å²) in [6, 6.07) is 15.5. The van der Waals surface area contributed by atoms with Crippen molar-refractivity contribution < 1.29 is 9.90 Å². The molecule has 0 aromatic heterocycles. The van der Waals surface area contributed by atoms with Gasteiger partial charge in [0.1, 0.15) is 0 Å². The normalized spacial score (nSPS) is 12.5. The summed E-state index contributed by atoms with van der Waals surface area (Å²) in [6.45, 7) is 12.5. The van der Waals surface area contributed by atoms with E-state index >= 15 is 0 Å². The zero-order valence-electron chi connectivity index (χ0n) is 19.7. The van der Waals surface area contributed by atoms with Crippen LogP contribution in [0.4, 0.5) is 0 Å². The summed E-state index contributed by atoms with van der Waals surface area (Å²) in [4.78, 5) is 16.6. The third kappa shape index (κ3) is 8.78. The topological polar surface area (TPSA) is 85.8 Å². The Morgan fingerprint density at radius 1 is 1.00 bits per heavy atom. The third-order valence-electron chi connectivity index (χ3n) is 4.91. The third-order valence-corrected chi connectivity index (χ3v) is 4.91. The van der Waals surface area contributed by atoms with Crippen molar-refractivity contribution >= 4 is 35.8 Å². The summed E-state index contributed by atoms with van der Waals surface area (Å²) < 4.78 is 0. The molecule has 0 bridgehead atoms. The van der Waals surface area contributed by atoms with Crippen LogP contribution >= 0.6 is 24.0 Å². The zero-order valence-corrected chi connectivity index (χ0v) is 22.1. The van der Waals surface area contributed by atoms with E-state index in [0.29, 0.717) is 37.7 Å². The van der Waals surface area contributed by atoms with Crippen LogP contribution in [-0.2, 0) is 12.0 Å². The smallest absolute Gasteiger partial charge is 0.251 e. The van der Waals surface area contributed by atoms with E-state index in [2.05, 4.69) is 53.8 Å². The predicted octanol–water partition coefficient (Wildman–Crippen LogP) is 4.14. The van der Waals surface area contributed by atoms with Crippen LogP contribution in [0.5, 0.6) is 0 Å². The van der Waals surface area contributed by atoms with Crippen LogP contribution in [0.25, 0.3) is 0 Å². The summed E-state index contributed by atoms with van der Waals surface area (Å²) in [7, 11) is 0. The van der Waals surface area contributed by atoms with Gasteiger partial charge >= 0.3 is 0 Å². The Hall–Kier alpha value is -2.13. The van der Waals surface area contributed by atoms with Crippen molar-refractivity contribution in [3.63, 3.8) is 0 Å². The molecular formula is C25H37IN4O2. The second kappa shape index (κ2) is 13.4. The molecule has 1 unspecified atom stereocenters. The summed E-state index contributed by atoms with van der Waals surface area (Å²) in [6.07, 6.45) is -0.640. The lowest BCUT2D eigenvalue weighted by Crippen LogP contribution is -2.39. The van der Waals surface area contributed by atoms with Crippen LogP contribution < -0.4 is 16.0 Å². The number of benzene rings is 2. The molecule has 0 spiro atoms. The minimum absolute atomic E-state index is 0. The first-order valence-electron chi connectivity index (χ1n) is 10.9. The Morgan fingerprint density at radius 3 is 2.25 bits per heavy atom. The van der Waals surface area contributed by atoms with E-state index in [1.165, 1.54) is 5.56 Å². The van der Waals surface area contributed by atoms with Gasteiger partial charge in [-0.3, -0.25) is 4.79 Å². The number of carbonyl (C=O) groups is 1. The number of amides is 1. The van der Waals surface area contributed by atoms with Crippen molar-refractivity contribution in [2.75, 3.05) is 19.6 Å². The maximum atomic E-state index is 12.0. The largest absolute Gasteiger partial charge is 0.387 e. The highest BCUT2D eigenvalue weighted by molar-refractivity contribution is 14.0. The number of hydrogen-bond acceptors (Lipinski definition) is 3. The van der Waals surface area contributed by atoms with Gasteiger partial charge in [-0.05, 0) is 48.1 Å². The fourth-order valence-electron chi connectivity index (χ4n) is 3.10. The monoisotopic (exact) mass is 552 g/mol. The fourth-order valence-corrected chi connectivity index (χ4v) is 3.10. The molecule has 0 saturated heterocycles. The van der Waals surface area contributed by atoms with E-state index in [1.54, 1.807) is 6.07 Å². The van der Waals surface area contributed by atoms with E-state index in [0.717, 1.165) is 11.1 Å². The molecule has 2 aromatic carbocycles. The van der Waals surface area contributed by atoms with Crippen molar-refractivity contribution in [2.24, 2.45) is 4.99 Å². The molecule has 0 heterocycles. The number of aliphatic hydroxyl groups excluding tert-OH is 1. The Kier molecular flexibility index (Phi) is 11.7. The van der Waals surface area contributed by atoms with Crippen molar-refractivity contribution in [3.8, 4) is 0 Å². The van der Waals surface area contributed by atoms with Crippen molar-refractivity contribution in [1.82, 2.24) is 16.0 Å². The van der Waals surface area contributed by atoms with Gasteiger partial charge in [-0.15, -0.1) is 24.0 Å². The lowest BCUT2D eigenvalue weighted by molar-refractivity contribution is 0.0955. The van der Waals surface area contributed by atoms with Crippen LogP contribution in [-0.4, -0.2) is 36.6 Å². The van der Waals surface area contributed by atoms with Gasteiger partial charge in [-0.2, -0.15) is 0 Å². The molecule has 0 saturated carbocycles. The SMILES string of the molecule is CCNC(=O)c1cccc(CN=C(NCC)NCC(O)c2ccc(C(C)(C)C)cc2)c1.I. The lowest BCUT2D eigenvalue weighted by Gasteiger charge is -2.20. The van der Waals surface area contributed by atoms with E-state index in [9.17, 15) is 9.90 Å². The average molecular weight is 553 g/mol. The number of hydrogen-bond donors (Lipinski definition) is 4. The molecule has 0 radical (unpaired) electrons. The van der Waals surface area contributed by atoms with Crippen molar-refractivity contribution in [3.05, 3.63) is 70.8 Å². The molecular weight excluding hydrogens is 515 g/mol. The molecule has 2 aromatic rings. The van der Waals surface area contributed by atoms with Gasteiger partial charge in [0, 0.05) is 25.2 Å². The fraction of sp³-hybridized carbons (Fsp3) is 0.440. The Morgan fingerprint density at radius 2 is 1.66 bits per heavy atom. The van der Waals surface area contributed by atoms with Crippen LogP contribution in [0.3, 0.4) is 0 Å². The second-order valence-electron chi connectivity index (χ2n) is 8.52. The van der Waals surface area contributed by atoms with Gasteiger partial charge in [-0.25, -0.2) is 4.99 Å². The van der Waals surface area contributed by atoms with Crippen molar-refractivity contribution in [1.29, 1.82) is 0 Å².